The number of pyridine rings is 1. The van der Waals surface area contributed by atoms with E-state index >= 15 is 0 Å². The van der Waals surface area contributed by atoms with Crippen LogP contribution in [0.4, 0.5) is 11.6 Å². The van der Waals surface area contributed by atoms with Crippen LogP contribution in [0, 0.1) is 0 Å². The lowest BCUT2D eigenvalue weighted by Gasteiger charge is -2.25. The number of anilines is 2. The number of hydrogen-bond acceptors (Lipinski definition) is 3. The van der Waals surface area contributed by atoms with E-state index in [4.69, 9.17) is 23.2 Å². The first-order chi connectivity index (χ1) is 9.17. The molecule has 0 unspecified atom stereocenters. The highest BCUT2D eigenvalue weighted by molar-refractivity contribution is 6.37. The molecule has 0 radical (unpaired) electrons. The Morgan fingerprint density at radius 3 is 2.58 bits per heavy atom. The van der Waals surface area contributed by atoms with Crippen molar-refractivity contribution in [2.75, 3.05) is 23.3 Å². The maximum atomic E-state index is 6.32. The number of nitrogens with zero attached hydrogens (tertiary/aromatic N) is 2. The van der Waals surface area contributed by atoms with E-state index in [1.165, 1.54) is 12.8 Å². The summed E-state index contributed by atoms with van der Waals surface area (Å²) < 4.78 is 0. The SMILES string of the molecule is CCCNc1nc(N(CCC)C2CC2)c(Cl)cc1Cl. The molecule has 1 heterocycles. The topological polar surface area (TPSA) is 28.2 Å². The molecule has 1 aromatic rings. The van der Waals surface area contributed by atoms with E-state index in [-0.39, 0.29) is 0 Å². The van der Waals surface area contributed by atoms with Crippen molar-refractivity contribution >= 4 is 34.8 Å². The average molecular weight is 302 g/mol. The van der Waals surface area contributed by atoms with Crippen LogP contribution in [0.2, 0.25) is 10.0 Å². The molecule has 5 heteroatoms. The largest absolute Gasteiger partial charge is 0.369 e. The second-order valence-electron chi connectivity index (χ2n) is 4.98. The second kappa shape index (κ2) is 6.67. The van der Waals surface area contributed by atoms with Crippen molar-refractivity contribution in [1.29, 1.82) is 0 Å². The maximum absolute atomic E-state index is 6.32. The average Bonchev–Trinajstić information content (AvgIpc) is 3.20. The molecule has 106 valence electrons. The molecule has 1 aromatic heterocycles. The first kappa shape index (κ1) is 14.7. The van der Waals surface area contributed by atoms with Gasteiger partial charge in [-0.15, -0.1) is 0 Å². The zero-order chi connectivity index (χ0) is 13.8. The van der Waals surface area contributed by atoms with Gasteiger partial charge in [-0.2, -0.15) is 0 Å². The Balaban J connectivity index is 2.26. The summed E-state index contributed by atoms with van der Waals surface area (Å²) in [6.45, 7) is 6.15. The van der Waals surface area contributed by atoms with Crippen LogP contribution >= 0.6 is 23.2 Å². The normalized spacial score (nSPS) is 14.5. The molecule has 0 atom stereocenters. The molecule has 0 amide bonds. The molecule has 1 N–H and O–H groups in total. The lowest BCUT2D eigenvalue weighted by atomic mass is 10.3. The third-order valence-electron chi connectivity index (χ3n) is 3.18. The Morgan fingerprint density at radius 2 is 2.00 bits per heavy atom. The zero-order valence-electron chi connectivity index (χ0n) is 11.5. The molecule has 0 saturated heterocycles. The summed E-state index contributed by atoms with van der Waals surface area (Å²) in [6.07, 6.45) is 4.60. The molecule has 0 bridgehead atoms. The summed E-state index contributed by atoms with van der Waals surface area (Å²) >= 11 is 12.5. The number of nitrogens with one attached hydrogen (secondary N) is 1. The monoisotopic (exact) mass is 301 g/mol. The summed E-state index contributed by atoms with van der Waals surface area (Å²) in [6, 6.07) is 2.40. The highest BCUT2D eigenvalue weighted by atomic mass is 35.5. The standard InChI is InChI=1S/C14H21Cl2N3/c1-3-7-17-13-11(15)9-12(16)14(18-13)19(8-4-2)10-5-6-10/h9-10H,3-8H2,1-2H3,(H,17,18). The van der Waals surface area contributed by atoms with E-state index < -0.39 is 0 Å². The molecule has 1 fully saturated rings. The Morgan fingerprint density at radius 1 is 1.26 bits per heavy atom. The quantitative estimate of drug-likeness (QED) is 0.798. The van der Waals surface area contributed by atoms with Crippen LogP contribution in [-0.4, -0.2) is 24.1 Å². The molecule has 19 heavy (non-hydrogen) atoms. The van der Waals surface area contributed by atoms with E-state index in [2.05, 4.69) is 29.0 Å². The van der Waals surface area contributed by atoms with Gasteiger partial charge >= 0.3 is 0 Å². The fourth-order valence-corrected chi connectivity index (χ4v) is 2.65. The van der Waals surface area contributed by atoms with E-state index in [0.29, 0.717) is 16.1 Å². The van der Waals surface area contributed by atoms with Crippen molar-refractivity contribution < 1.29 is 0 Å². The number of halogens is 2. The van der Waals surface area contributed by atoms with Crippen LogP contribution in [0.3, 0.4) is 0 Å². The Hall–Kier alpha value is -0.670. The molecule has 3 nitrogen and oxygen atoms in total. The highest BCUT2D eigenvalue weighted by Crippen LogP contribution is 2.37. The number of rotatable bonds is 7. The van der Waals surface area contributed by atoms with Gasteiger partial charge < -0.3 is 10.2 Å². The van der Waals surface area contributed by atoms with E-state index in [9.17, 15) is 0 Å². The lowest BCUT2D eigenvalue weighted by molar-refractivity contribution is 0.751. The van der Waals surface area contributed by atoms with Crippen LogP contribution in [0.1, 0.15) is 39.5 Å². The van der Waals surface area contributed by atoms with Crippen LogP contribution in [0.25, 0.3) is 0 Å². The molecule has 1 aliphatic carbocycles. The van der Waals surface area contributed by atoms with Crippen molar-refractivity contribution in [3.63, 3.8) is 0 Å². The predicted molar refractivity (Wildman–Crippen MR) is 83.7 cm³/mol. The molecule has 0 aromatic carbocycles. The first-order valence-corrected chi connectivity index (χ1v) is 7.79. The smallest absolute Gasteiger partial charge is 0.150 e. The fourth-order valence-electron chi connectivity index (χ4n) is 2.11. The van der Waals surface area contributed by atoms with Gasteiger partial charge in [-0.1, -0.05) is 37.0 Å². The molecule has 2 rings (SSSR count). The lowest BCUT2D eigenvalue weighted by Crippen LogP contribution is -2.28. The molecule has 1 aliphatic rings. The van der Waals surface area contributed by atoms with Crippen LogP contribution in [0.15, 0.2) is 6.07 Å². The minimum absolute atomic E-state index is 0.592. The van der Waals surface area contributed by atoms with E-state index in [1.807, 2.05) is 0 Å². The summed E-state index contributed by atoms with van der Waals surface area (Å²) in [7, 11) is 0. The minimum atomic E-state index is 0.592. The van der Waals surface area contributed by atoms with Gasteiger partial charge in [-0.3, -0.25) is 0 Å². The molecule has 1 saturated carbocycles. The second-order valence-corrected chi connectivity index (χ2v) is 5.79. The van der Waals surface area contributed by atoms with Gasteiger partial charge in [-0.25, -0.2) is 4.98 Å². The molecular formula is C14H21Cl2N3. The molecular weight excluding hydrogens is 281 g/mol. The number of hydrogen-bond donors (Lipinski definition) is 1. The van der Waals surface area contributed by atoms with Crippen molar-refractivity contribution in [2.24, 2.45) is 0 Å². The highest BCUT2D eigenvalue weighted by Gasteiger charge is 2.31. The van der Waals surface area contributed by atoms with Crippen molar-refractivity contribution in [2.45, 2.75) is 45.6 Å². The molecule has 0 spiro atoms. The van der Waals surface area contributed by atoms with Gasteiger partial charge in [0.25, 0.3) is 0 Å². The first-order valence-electron chi connectivity index (χ1n) is 7.03. The fraction of sp³-hybridized carbons (Fsp3) is 0.643. The van der Waals surface area contributed by atoms with Gasteiger partial charge in [0, 0.05) is 19.1 Å². The third-order valence-corrected chi connectivity index (χ3v) is 3.74. The van der Waals surface area contributed by atoms with Gasteiger partial charge in [0.2, 0.25) is 0 Å². The van der Waals surface area contributed by atoms with Gasteiger partial charge in [0.05, 0.1) is 10.0 Å². The Bertz CT molecular complexity index is 433. The summed E-state index contributed by atoms with van der Waals surface area (Å²) in [4.78, 5) is 6.96. The van der Waals surface area contributed by atoms with E-state index in [1.54, 1.807) is 6.07 Å². The zero-order valence-corrected chi connectivity index (χ0v) is 13.1. The van der Waals surface area contributed by atoms with Crippen molar-refractivity contribution in [3.8, 4) is 0 Å². The minimum Gasteiger partial charge on any atom is -0.369 e. The van der Waals surface area contributed by atoms with Crippen LogP contribution < -0.4 is 10.2 Å². The summed E-state index contributed by atoms with van der Waals surface area (Å²) in [5, 5.41) is 4.50. The molecule has 0 aliphatic heterocycles. The van der Waals surface area contributed by atoms with E-state index in [0.717, 1.165) is 37.6 Å². The summed E-state index contributed by atoms with van der Waals surface area (Å²) in [5.74, 6) is 1.61. The van der Waals surface area contributed by atoms with Crippen molar-refractivity contribution in [1.82, 2.24) is 4.98 Å². The van der Waals surface area contributed by atoms with Gasteiger partial charge in [0.15, 0.2) is 0 Å². The van der Waals surface area contributed by atoms with Crippen LogP contribution in [0.5, 0.6) is 0 Å². The van der Waals surface area contributed by atoms with Crippen molar-refractivity contribution in [3.05, 3.63) is 16.1 Å². The maximum Gasteiger partial charge on any atom is 0.150 e. The Labute approximate surface area is 125 Å². The van der Waals surface area contributed by atoms with Gasteiger partial charge in [0.1, 0.15) is 11.6 Å². The number of aromatic nitrogens is 1. The predicted octanol–water partition coefficient (Wildman–Crippen LogP) is 4.59. The summed E-state index contributed by atoms with van der Waals surface area (Å²) in [5.41, 5.74) is 0. The van der Waals surface area contributed by atoms with Gasteiger partial charge in [-0.05, 0) is 31.7 Å². The van der Waals surface area contributed by atoms with Crippen LogP contribution in [-0.2, 0) is 0 Å². The Kier molecular flexibility index (Phi) is 5.17. The third kappa shape index (κ3) is 3.67.